The Morgan fingerprint density at radius 3 is 2.64 bits per heavy atom. The summed E-state index contributed by atoms with van der Waals surface area (Å²) in [5.74, 6) is 5.67. The van der Waals surface area contributed by atoms with Gasteiger partial charge < -0.3 is 15.4 Å². The normalized spacial score (nSPS) is 13.1. The molecule has 0 saturated carbocycles. The van der Waals surface area contributed by atoms with E-state index < -0.39 is 5.82 Å². The molecule has 0 bridgehead atoms. The maximum Gasteiger partial charge on any atom is 0.234 e. The zero-order valence-electron chi connectivity index (χ0n) is 21.2. The highest BCUT2D eigenvalue weighted by Crippen LogP contribution is 2.35. The first kappa shape index (κ1) is 26.4. The van der Waals surface area contributed by atoms with Gasteiger partial charge in [-0.3, -0.25) is 19.5 Å². The Kier molecular flexibility index (Phi) is 8.46. The van der Waals surface area contributed by atoms with E-state index in [-0.39, 0.29) is 30.5 Å². The highest BCUT2D eigenvalue weighted by atomic mass is 32.1. The number of carbonyl (C=O) groups is 2. The highest BCUT2D eigenvalue weighted by molar-refractivity contribution is 7.19. The van der Waals surface area contributed by atoms with E-state index in [9.17, 15) is 14.0 Å². The molecular formula is C30H27FN4O3S. The summed E-state index contributed by atoms with van der Waals surface area (Å²) in [6.45, 7) is 2.61. The van der Waals surface area contributed by atoms with E-state index >= 15 is 0 Å². The van der Waals surface area contributed by atoms with Crippen molar-refractivity contribution in [2.24, 2.45) is 0 Å². The third-order valence-electron chi connectivity index (χ3n) is 6.17. The number of halogens is 1. The number of nitrogens with one attached hydrogen (secondary N) is 2. The van der Waals surface area contributed by atoms with Gasteiger partial charge in [-0.15, -0.1) is 11.3 Å². The minimum atomic E-state index is -0.598. The van der Waals surface area contributed by atoms with Gasteiger partial charge in [-0.05, 0) is 49.7 Å². The van der Waals surface area contributed by atoms with Gasteiger partial charge in [0.25, 0.3) is 0 Å². The number of carbonyl (C=O) groups excluding carboxylic acids is 2. The summed E-state index contributed by atoms with van der Waals surface area (Å²) in [6, 6.07) is 17.2. The highest BCUT2D eigenvalue weighted by Gasteiger charge is 2.15. The summed E-state index contributed by atoms with van der Waals surface area (Å²) in [5.41, 5.74) is 1.91. The molecule has 1 aliphatic heterocycles. The van der Waals surface area contributed by atoms with E-state index in [4.69, 9.17) is 4.74 Å². The monoisotopic (exact) mass is 542 g/mol. The van der Waals surface area contributed by atoms with Crippen molar-refractivity contribution in [3.63, 3.8) is 0 Å². The van der Waals surface area contributed by atoms with Crippen molar-refractivity contribution in [2.75, 3.05) is 31.5 Å². The summed E-state index contributed by atoms with van der Waals surface area (Å²) >= 11 is 1.38. The number of nitrogens with zero attached hydrogens (tertiary/aromatic N) is 2. The smallest absolute Gasteiger partial charge is 0.234 e. The lowest BCUT2D eigenvalue weighted by Gasteiger charge is -2.12. The molecule has 5 rings (SSSR count). The fraction of sp³-hybridized carbons (Fsp3) is 0.233. The molecular weight excluding hydrogens is 515 g/mol. The van der Waals surface area contributed by atoms with Crippen LogP contribution in [0.25, 0.3) is 10.2 Å². The molecule has 1 fully saturated rings. The number of rotatable bonds is 8. The van der Waals surface area contributed by atoms with E-state index in [0.717, 1.165) is 41.1 Å². The average Bonchev–Trinajstić information content (AvgIpc) is 3.59. The Balaban J connectivity index is 1.20. The van der Waals surface area contributed by atoms with Crippen LogP contribution in [-0.2, 0) is 16.0 Å². The lowest BCUT2D eigenvalue weighted by Crippen LogP contribution is -2.35. The molecule has 7 nitrogen and oxygen atoms in total. The number of hydrogen-bond donors (Lipinski definition) is 2. The maximum atomic E-state index is 14.9. The molecule has 0 unspecified atom stereocenters. The standard InChI is InChI=1S/C30H27FN4O3S/c31-24-18-22(34-28(36)17-21-7-2-1-3-8-21)10-11-26(24)38-27-12-14-32-25-19-23(39-30(25)27)9-6-13-33-29(37)20-35-15-4-5-16-35/h1-3,7-8,10-12,14,18-19H,4-5,13,15-17,20H2,(H,33,37)(H,34,36). The molecule has 0 atom stereocenters. The minimum Gasteiger partial charge on any atom is -0.453 e. The fourth-order valence-electron chi connectivity index (χ4n) is 4.30. The lowest BCUT2D eigenvalue weighted by molar-refractivity contribution is -0.121. The van der Waals surface area contributed by atoms with Crippen LogP contribution < -0.4 is 15.4 Å². The quantitative estimate of drug-likeness (QED) is 0.307. The number of amides is 2. The van der Waals surface area contributed by atoms with Crippen LogP contribution in [0, 0.1) is 17.7 Å². The number of fused-ring (bicyclic) bond motifs is 1. The number of anilines is 1. The fourth-order valence-corrected chi connectivity index (χ4v) is 5.24. The van der Waals surface area contributed by atoms with E-state index in [1.807, 2.05) is 36.4 Å². The summed E-state index contributed by atoms with van der Waals surface area (Å²) < 4.78 is 21.5. The average molecular weight is 543 g/mol. The van der Waals surface area contributed by atoms with E-state index in [0.29, 0.717) is 23.5 Å². The van der Waals surface area contributed by atoms with Crippen LogP contribution in [-0.4, -0.2) is 47.9 Å². The second-order valence-electron chi connectivity index (χ2n) is 9.15. The summed E-state index contributed by atoms with van der Waals surface area (Å²) in [4.78, 5) is 31.6. The van der Waals surface area contributed by atoms with E-state index in [1.165, 1.54) is 23.5 Å². The van der Waals surface area contributed by atoms with Crippen LogP contribution in [0.3, 0.4) is 0 Å². The molecule has 2 N–H and O–H groups in total. The van der Waals surface area contributed by atoms with Gasteiger partial charge in [-0.25, -0.2) is 4.39 Å². The molecule has 0 aliphatic carbocycles. The van der Waals surface area contributed by atoms with Crippen LogP contribution in [0.4, 0.5) is 10.1 Å². The van der Waals surface area contributed by atoms with Crippen LogP contribution in [0.15, 0.2) is 66.9 Å². The van der Waals surface area contributed by atoms with Gasteiger partial charge in [-0.2, -0.15) is 0 Å². The Hall–Kier alpha value is -4.26. The van der Waals surface area contributed by atoms with Crippen LogP contribution in [0.2, 0.25) is 0 Å². The molecule has 9 heteroatoms. The SMILES string of the molecule is O=C(CN1CCCC1)NCC#Cc1cc2nccc(Oc3ccc(NC(=O)Cc4ccccc4)cc3F)c2s1. The number of aromatic nitrogens is 1. The minimum absolute atomic E-state index is 0.0244. The first-order valence-corrected chi connectivity index (χ1v) is 13.5. The molecule has 4 aromatic rings. The Labute approximate surface area is 230 Å². The van der Waals surface area contributed by atoms with E-state index in [1.54, 1.807) is 18.3 Å². The predicted octanol–water partition coefficient (Wildman–Crippen LogP) is 4.97. The number of ether oxygens (including phenoxy) is 1. The number of benzene rings is 2. The van der Waals surface area contributed by atoms with Gasteiger partial charge in [0.2, 0.25) is 11.8 Å². The molecule has 0 radical (unpaired) electrons. The van der Waals surface area contributed by atoms with Crippen molar-refractivity contribution in [3.05, 3.63) is 83.1 Å². The van der Waals surface area contributed by atoms with Crippen molar-refractivity contribution in [3.8, 4) is 23.3 Å². The third kappa shape index (κ3) is 7.19. The summed E-state index contributed by atoms with van der Waals surface area (Å²) in [6.07, 6.45) is 4.08. The number of likely N-dealkylation sites (tertiary alicyclic amines) is 1. The van der Waals surface area contributed by atoms with Crippen molar-refractivity contribution in [1.82, 2.24) is 15.2 Å². The van der Waals surface area contributed by atoms with Crippen molar-refractivity contribution >= 4 is 39.1 Å². The van der Waals surface area contributed by atoms with Gasteiger partial charge in [0, 0.05) is 24.0 Å². The lowest BCUT2D eigenvalue weighted by atomic mass is 10.1. The molecule has 2 aromatic heterocycles. The van der Waals surface area contributed by atoms with Gasteiger partial charge in [0.1, 0.15) is 5.75 Å². The predicted molar refractivity (Wildman–Crippen MR) is 150 cm³/mol. The first-order chi connectivity index (χ1) is 19.0. The number of pyridine rings is 1. The van der Waals surface area contributed by atoms with Crippen LogP contribution in [0.5, 0.6) is 11.5 Å². The zero-order chi connectivity index (χ0) is 27.0. The second-order valence-corrected chi connectivity index (χ2v) is 10.2. The Morgan fingerprint density at radius 1 is 1.03 bits per heavy atom. The van der Waals surface area contributed by atoms with Gasteiger partial charge >= 0.3 is 0 Å². The van der Waals surface area contributed by atoms with Crippen molar-refractivity contribution < 1.29 is 18.7 Å². The Morgan fingerprint density at radius 2 is 1.85 bits per heavy atom. The maximum absolute atomic E-state index is 14.9. The van der Waals surface area contributed by atoms with Crippen LogP contribution >= 0.6 is 11.3 Å². The van der Waals surface area contributed by atoms with Gasteiger partial charge in [0.15, 0.2) is 11.6 Å². The topological polar surface area (TPSA) is 83.6 Å². The van der Waals surface area contributed by atoms with Crippen molar-refractivity contribution in [1.29, 1.82) is 0 Å². The largest absolute Gasteiger partial charge is 0.453 e. The zero-order valence-corrected chi connectivity index (χ0v) is 22.0. The summed E-state index contributed by atoms with van der Waals surface area (Å²) in [7, 11) is 0. The van der Waals surface area contributed by atoms with Gasteiger partial charge in [-0.1, -0.05) is 42.2 Å². The van der Waals surface area contributed by atoms with Gasteiger partial charge in [0.05, 0.1) is 34.6 Å². The second kappa shape index (κ2) is 12.5. The third-order valence-corrected chi connectivity index (χ3v) is 7.22. The molecule has 1 aliphatic rings. The molecule has 1 saturated heterocycles. The van der Waals surface area contributed by atoms with Crippen LogP contribution in [0.1, 0.15) is 23.3 Å². The van der Waals surface area contributed by atoms with Crippen molar-refractivity contribution in [2.45, 2.75) is 19.3 Å². The molecule has 0 spiro atoms. The molecule has 2 amide bonds. The molecule has 39 heavy (non-hydrogen) atoms. The molecule has 198 valence electrons. The van der Waals surface area contributed by atoms with E-state index in [2.05, 4.69) is 32.4 Å². The number of thiophene rings is 1. The first-order valence-electron chi connectivity index (χ1n) is 12.7. The molecule has 2 aromatic carbocycles. The Bertz CT molecular complexity index is 1540. The molecule has 3 heterocycles. The number of hydrogen-bond acceptors (Lipinski definition) is 6. The summed E-state index contributed by atoms with van der Waals surface area (Å²) in [5, 5.41) is 5.55.